The maximum atomic E-state index is 14.3. The van der Waals surface area contributed by atoms with Crippen molar-refractivity contribution in [2.24, 2.45) is 16.8 Å². The predicted molar refractivity (Wildman–Crippen MR) is 138 cm³/mol. The van der Waals surface area contributed by atoms with Crippen LogP contribution in [-0.2, 0) is 20.9 Å². The van der Waals surface area contributed by atoms with Gasteiger partial charge in [-0.05, 0) is 61.1 Å². The average molecular weight is 523 g/mol. The number of nitrogens with zero attached hydrogens (tertiary/aromatic N) is 4. The molecule has 0 aliphatic carbocycles. The smallest absolute Gasteiger partial charge is 0.309 e. The third kappa shape index (κ3) is 5.53. The topological polar surface area (TPSA) is 75.1 Å². The number of halogens is 2. The number of pyridine rings is 1. The zero-order valence-electron chi connectivity index (χ0n) is 21.8. The van der Waals surface area contributed by atoms with E-state index in [4.69, 9.17) is 9.73 Å². The first-order chi connectivity index (χ1) is 18.3. The van der Waals surface area contributed by atoms with Crippen LogP contribution in [0.2, 0.25) is 0 Å². The summed E-state index contributed by atoms with van der Waals surface area (Å²) in [5.41, 5.74) is 5.23. The first-order valence-corrected chi connectivity index (χ1v) is 13.0. The van der Waals surface area contributed by atoms with E-state index in [-0.39, 0.29) is 36.3 Å². The Labute approximate surface area is 221 Å². The Balaban J connectivity index is 1.27. The number of methoxy groups -OCH3 is 1. The Hall–Kier alpha value is -3.46. The van der Waals surface area contributed by atoms with Gasteiger partial charge in [0.05, 0.1) is 25.3 Å². The summed E-state index contributed by atoms with van der Waals surface area (Å²) in [5, 5.41) is 0. The molecule has 3 aliphatic heterocycles. The fourth-order valence-corrected chi connectivity index (χ4v) is 5.86. The highest BCUT2D eigenvalue weighted by molar-refractivity contribution is 6.15. The van der Waals surface area contributed by atoms with Crippen molar-refractivity contribution in [1.82, 2.24) is 14.8 Å². The van der Waals surface area contributed by atoms with Crippen LogP contribution in [0.25, 0.3) is 0 Å². The number of likely N-dealkylation sites (tertiary alicyclic amines) is 1. The van der Waals surface area contributed by atoms with Crippen LogP contribution >= 0.6 is 0 Å². The molecule has 38 heavy (non-hydrogen) atoms. The van der Waals surface area contributed by atoms with Crippen LogP contribution in [0.1, 0.15) is 36.1 Å². The fourth-order valence-electron chi connectivity index (χ4n) is 5.86. The molecule has 0 saturated carbocycles. The molecule has 7 nitrogen and oxygen atoms in total. The SMILES string of the molecule is COC(=O)C1CC(CC(=O)N2CCC3=C(C2)C(c2ccnc(C)c2)=NC3)CN(Cc2c(F)cccc2F)C1. The number of aryl methyl sites for hydroxylation is 1. The van der Waals surface area contributed by atoms with Crippen molar-refractivity contribution in [3.63, 3.8) is 0 Å². The van der Waals surface area contributed by atoms with Crippen LogP contribution in [-0.4, -0.2) is 72.2 Å². The van der Waals surface area contributed by atoms with E-state index in [0.29, 0.717) is 39.1 Å². The second-order valence-electron chi connectivity index (χ2n) is 10.4. The van der Waals surface area contributed by atoms with Gasteiger partial charge in [-0.2, -0.15) is 0 Å². The van der Waals surface area contributed by atoms with Gasteiger partial charge in [-0.3, -0.25) is 24.5 Å². The largest absolute Gasteiger partial charge is 0.469 e. The van der Waals surface area contributed by atoms with Gasteiger partial charge in [0.25, 0.3) is 0 Å². The monoisotopic (exact) mass is 522 g/mol. The number of rotatable bonds is 6. The van der Waals surface area contributed by atoms with Crippen molar-refractivity contribution in [2.75, 3.05) is 39.8 Å². The molecule has 2 aromatic rings. The molecule has 0 spiro atoms. The Bertz CT molecular complexity index is 1290. The highest BCUT2D eigenvalue weighted by atomic mass is 19.1. The number of piperidine rings is 1. The number of hydrogen-bond donors (Lipinski definition) is 0. The lowest BCUT2D eigenvalue weighted by molar-refractivity contribution is -0.149. The van der Waals surface area contributed by atoms with E-state index in [9.17, 15) is 18.4 Å². The molecule has 4 heterocycles. The summed E-state index contributed by atoms with van der Waals surface area (Å²) in [6.45, 7) is 4.58. The number of benzene rings is 1. The van der Waals surface area contributed by atoms with Crippen molar-refractivity contribution < 1.29 is 23.1 Å². The third-order valence-corrected chi connectivity index (χ3v) is 7.75. The number of ether oxygens (including phenoxy) is 1. The molecule has 1 amide bonds. The van der Waals surface area contributed by atoms with E-state index < -0.39 is 17.6 Å². The van der Waals surface area contributed by atoms with Crippen LogP contribution in [0, 0.1) is 30.4 Å². The van der Waals surface area contributed by atoms with Crippen LogP contribution < -0.4 is 0 Å². The molecule has 5 rings (SSSR count). The van der Waals surface area contributed by atoms with E-state index in [1.54, 1.807) is 6.20 Å². The molecular formula is C29H32F2N4O3. The summed E-state index contributed by atoms with van der Waals surface area (Å²) in [4.78, 5) is 38.7. The summed E-state index contributed by atoms with van der Waals surface area (Å²) >= 11 is 0. The number of amides is 1. The second-order valence-corrected chi connectivity index (χ2v) is 10.4. The van der Waals surface area contributed by atoms with E-state index in [1.807, 2.05) is 28.9 Å². The predicted octanol–water partition coefficient (Wildman–Crippen LogP) is 3.70. The van der Waals surface area contributed by atoms with Crippen molar-refractivity contribution in [1.29, 1.82) is 0 Å². The molecule has 1 aromatic carbocycles. The quantitative estimate of drug-likeness (QED) is 0.541. The molecule has 0 radical (unpaired) electrons. The summed E-state index contributed by atoms with van der Waals surface area (Å²) in [6, 6.07) is 7.75. The van der Waals surface area contributed by atoms with E-state index in [2.05, 4.69) is 4.98 Å². The Morgan fingerprint density at radius 2 is 1.95 bits per heavy atom. The maximum absolute atomic E-state index is 14.3. The van der Waals surface area contributed by atoms with E-state index in [0.717, 1.165) is 29.0 Å². The first-order valence-electron chi connectivity index (χ1n) is 13.0. The molecule has 1 aromatic heterocycles. The first kappa shape index (κ1) is 26.2. The molecular weight excluding hydrogens is 490 g/mol. The molecule has 1 fully saturated rings. The minimum Gasteiger partial charge on any atom is -0.469 e. The minimum atomic E-state index is -0.617. The number of esters is 1. The molecule has 1 saturated heterocycles. The Morgan fingerprint density at radius 3 is 2.68 bits per heavy atom. The van der Waals surface area contributed by atoms with Gasteiger partial charge in [0, 0.05) is 62.2 Å². The van der Waals surface area contributed by atoms with Crippen molar-refractivity contribution in [3.05, 3.63) is 76.1 Å². The summed E-state index contributed by atoms with van der Waals surface area (Å²) in [7, 11) is 1.34. The summed E-state index contributed by atoms with van der Waals surface area (Å²) in [6.07, 6.45) is 3.32. The summed E-state index contributed by atoms with van der Waals surface area (Å²) in [5.74, 6) is -2.18. The lowest BCUT2D eigenvalue weighted by Crippen LogP contribution is -2.46. The third-order valence-electron chi connectivity index (χ3n) is 7.75. The molecule has 3 aliphatic rings. The molecule has 2 atom stereocenters. The normalized spacial score (nSPS) is 21.8. The molecule has 2 unspecified atom stereocenters. The Kier molecular flexibility index (Phi) is 7.65. The number of aliphatic imine (C=N–C) groups is 1. The Morgan fingerprint density at radius 1 is 1.16 bits per heavy atom. The maximum Gasteiger partial charge on any atom is 0.309 e. The van der Waals surface area contributed by atoms with Gasteiger partial charge in [-0.15, -0.1) is 0 Å². The van der Waals surface area contributed by atoms with E-state index >= 15 is 0 Å². The van der Waals surface area contributed by atoms with Gasteiger partial charge < -0.3 is 9.64 Å². The van der Waals surface area contributed by atoms with Crippen molar-refractivity contribution in [2.45, 2.75) is 32.7 Å². The van der Waals surface area contributed by atoms with Gasteiger partial charge in [0.15, 0.2) is 0 Å². The zero-order chi connectivity index (χ0) is 26.8. The molecule has 0 bridgehead atoms. The number of hydrogen-bond acceptors (Lipinski definition) is 6. The van der Waals surface area contributed by atoms with Gasteiger partial charge in [0.2, 0.25) is 5.91 Å². The number of aromatic nitrogens is 1. The lowest BCUT2D eigenvalue weighted by Gasteiger charge is -2.37. The van der Waals surface area contributed by atoms with Gasteiger partial charge >= 0.3 is 5.97 Å². The number of carbonyl (C=O) groups excluding carboxylic acids is 2. The standard InChI is InChI=1S/C29H32F2N4O3/c1-18-10-20(6-8-32-18)28-23-17-35(9-7-21(23)13-33-28)27(36)12-19-11-22(29(37)38-2)15-34(14-19)16-24-25(30)4-3-5-26(24)31/h3-6,8,10,19,22H,7,9,11-17H2,1-2H3. The van der Waals surface area contributed by atoms with Crippen LogP contribution in [0.5, 0.6) is 0 Å². The van der Waals surface area contributed by atoms with Gasteiger partial charge in [-0.1, -0.05) is 6.07 Å². The highest BCUT2D eigenvalue weighted by Gasteiger charge is 2.36. The van der Waals surface area contributed by atoms with E-state index in [1.165, 1.54) is 30.9 Å². The zero-order valence-corrected chi connectivity index (χ0v) is 21.8. The van der Waals surface area contributed by atoms with Crippen LogP contribution in [0.4, 0.5) is 8.78 Å². The van der Waals surface area contributed by atoms with Gasteiger partial charge in [0.1, 0.15) is 11.6 Å². The number of carbonyl (C=O) groups is 2. The fraction of sp³-hybridized carbons (Fsp3) is 0.448. The minimum absolute atomic E-state index is 0.0150. The van der Waals surface area contributed by atoms with Crippen LogP contribution in [0.15, 0.2) is 52.7 Å². The molecule has 200 valence electrons. The average Bonchev–Trinajstić information content (AvgIpc) is 3.33. The van der Waals surface area contributed by atoms with Gasteiger partial charge in [-0.25, -0.2) is 8.78 Å². The van der Waals surface area contributed by atoms with Crippen molar-refractivity contribution in [3.8, 4) is 0 Å². The molecule has 0 N–H and O–H groups in total. The highest BCUT2D eigenvalue weighted by Crippen LogP contribution is 2.31. The van der Waals surface area contributed by atoms with Crippen molar-refractivity contribution >= 4 is 17.6 Å². The lowest BCUT2D eigenvalue weighted by atomic mass is 9.86. The second kappa shape index (κ2) is 11.1. The van der Waals surface area contributed by atoms with Crippen LogP contribution in [0.3, 0.4) is 0 Å². The summed E-state index contributed by atoms with van der Waals surface area (Å²) < 4.78 is 33.6. The molecule has 9 heteroatoms.